The highest BCUT2D eigenvalue weighted by Crippen LogP contribution is 2.08. The zero-order valence-electron chi connectivity index (χ0n) is 15.3. The normalized spacial score (nSPS) is 10.6. The minimum atomic E-state index is -0.318. The van der Waals surface area contributed by atoms with Crippen LogP contribution in [0, 0.1) is 11.8 Å². The van der Waals surface area contributed by atoms with Crippen molar-refractivity contribution in [1.29, 1.82) is 0 Å². The van der Waals surface area contributed by atoms with Crippen LogP contribution < -0.4 is 10.6 Å². The number of rotatable bonds is 9. The van der Waals surface area contributed by atoms with Crippen molar-refractivity contribution in [2.75, 3.05) is 13.1 Å². The number of benzene rings is 1. The van der Waals surface area contributed by atoms with Gasteiger partial charge in [-0.05, 0) is 36.3 Å². The van der Waals surface area contributed by atoms with Gasteiger partial charge in [-0.2, -0.15) is 0 Å². The van der Waals surface area contributed by atoms with E-state index < -0.39 is 0 Å². The molecular formula is C20H30N2O2. The van der Waals surface area contributed by atoms with Gasteiger partial charge in [-0.15, -0.1) is 0 Å². The summed E-state index contributed by atoms with van der Waals surface area (Å²) in [4.78, 5) is 24.9. The lowest BCUT2D eigenvalue weighted by Crippen LogP contribution is -2.36. The molecule has 1 aromatic carbocycles. The first-order valence-corrected chi connectivity index (χ1v) is 8.73. The third-order valence-corrected chi connectivity index (χ3v) is 3.61. The van der Waals surface area contributed by atoms with Gasteiger partial charge < -0.3 is 10.6 Å². The van der Waals surface area contributed by atoms with E-state index in [0.29, 0.717) is 24.9 Å². The Bertz CT molecular complexity index is 520. The zero-order chi connectivity index (χ0) is 17.9. The highest BCUT2D eigenvalue weighted by atomic mass is 16.2. The van der Waals surface area contributed by atoms with E-state index in [1.54, 1.807) is 6.08 Å². The molecule has 0 aliphatic heterocycles. The van der Waals surface area contributed by atoms with Crippen molar-refractivity contribution < 1.29 is 9.59 Å². The van der Waals surface area contributed by atoms with Crippen LogP contribution in [0.2, 0.25) is 0 Å². The standard InChI is InChI=1S/C20H30N2O2/c1-15(2)10-12-21-19(23)18(14-17-8-6-5-7-9-17)20(24)22-13-11-16(3)4/h5-9,14-16H,10-13H2,1-4H3,(H,21,23)(H,22,24). The molecule has 0 saturated heterocycles. The van der Waals surface area contributed by atoms with Crippen LogP contribution in [0.4, 0.5) is 0 Å². The van der Waals surface area contributed by atoms with Gasteiger partial charge in [0.15, 0.2) is 0 Å². The van der Waals surface area contributed by atoms with Crippen molar-refractivity contribution in [2.24, 2.45) is 11.8 Å². The first-order chi connectivity index (χ1) is 11.4. The van der Waals surface area contributed by atoms with Crippen LogP contribution in [0.5, 0.6) is 0 Å². The van der Waals surface area contributed by atoms with E-state index in [9.17, 15) is 9.59 Å². The van der Waals surface area contributed by atoms with Gasteiger partial charge in [0, 0.05) is 13.1 Å². The topological polar surface area (TPSA) is 58.2 Å². The lowest BCUT2D eigenvalue weighted by Gasteiger charge is -2.12. The fourth-order valence-electron chi connectivity index (χ4n) is 2.09. The molecule has 0 fully saturated rings. The van der Waals surface area contributed by atoms with Crippen molar-refractivity contribution in [3.05, 3.63) is 41.5 Å². The lowest BCUT2D eigenvalue weighted by atomic mass is 10.1. The van der Waals surface area contributed by atoms with Crippen molar-refractivity contribution in [1.82, 2.24) is 10.6 Å². The third-order valence-electron chi connectivity index (χ3n) is 3.61. The highest BCUT2D eigenvalue weighted by molar-refractivity contribution is 6.21. The van der Waals surface area contributed by atoms with Gasteiger partial charge >= 0.3 is 0 Å². The van der Waals surface area contributed by atoms with Crippen LogP contribution in [0.25, 0.3) is 6.08 Å². The molecule has 4 heteroatoms. The van der Waals surface area contributed by atoms with Crippen LogP contribution in [0.1, 0.15) is 46.1 Å². The lowest BCUT2D eigenvalue weighted by molar-refractivity contribution is -0.123. The molecule has 0 unspecified atom stereocenters. The van der Waals surface area contributed by atoms with Gasteiger partial charge in [-0.3, -0.25) is 9.59 Å². The summed E-state index contributed by atoms with van der Waals surface area (Å²) in [6.45, 7) is 9.55. The largest absolute Gasteiger partial charge is 0.352 e. The van der Waals surface area contributed by atoms with Crippen LogP contribution in [0.15, 0.2) is 35.9 Å². The molecule has 0 bridgehead atoms. The van der Waals surface area contributed by atoms with E-state index in [-0.39, 0.29) is 17.4 Å². The Hall–Kier alpha value is -2.10. The molecule has 2 amide bonds. The summed E-state index contributed by atoms with van der Waals surface area (Å²) < 4.78 is 0. The number of nitrogens with one attached hydrogen (secondary N) is 2. The second kappa shape index (κ2) is 10.6. The van der Waals surface area contributed by atoms with Gasteiger partial charge in [0.05, 0.1) is 0 Å². The fourth-order valence-corrected chi connectivity index (χ4v) is 2.09. The summed E-state index contributed by atoms with van der Waals surface area (Å²) >= 11 is 0. The molecule has 0 atom stereocenters. The molecule has 24 heavy (non-hydrogen) atoms. The molecule has 0 aromatic heterocycles. The average Bonchev–Trinajstić information content (AvgIpc) is 2.52. The Morgan fingerprint density at radius 2 is 1.33 bits per heavy atom. The van der Waals surface area contributed by atoms with Gasteiger partial charge in [-0.1, -0.05) is 58.0 Å². The summed E-state index contributed by atoms with van der Waals surface area (Å²) in [7, 11) is 0. The molecule has 1 aromatic rings. The maximum absolute atomic E-state index is 12.4. The molecule has 0 radical (unpaired) electrons. The number of hydrogen-bond acceptors (Lipinski definition) is 2. The molecule has 2 N–H and O–H groups in total. The minimum Gasteiger partial charge on any atom is -0.352 e. The van der Waals surface area contributed by atoms with Gasteiger partial charge in [0.1, 0.15) is 5.57 Å². The summed E-state index contributed by atoms with van der Waals surface area (Å²) in [5.74, 6) is 0.376. The van der Waals surface area contributed by atoms with Crippen molar-refractivity contribution in [3.8, 4) is 0 Å². The molecule has 0 heterocycles. The first-order valence-electron chi connectivity index (χ1n) is 8.73. The number of amides is 2. The number of carbonyl (C=O) groups is 2. The third kappa shape index (κ3) is 7.95. The summed E-state index contributed by atoms with van der Waals surface area (Å²) in [6.07, 6.45) is 3.42. The molecular weight excluding hydrogens is 300 g/mol. The quantitative estimate of drug-likeness (QED) is 0.414. The second-order valence-corrected chi connectivity index (χ2v) is 6.85. The van der Waals surface area contributed by atoms with E-state index >= 15 is 0 Å². The van der Waals surface area contributed by atoms with E-state index in [2.05, 4.69) is 38.3 Å². The molecule has 0 spiro atoms. The number of hydrogen-bond donors (Lipinski definition) is 2. The Labute approximate surface area is 145 Å². The molecule has 0 aliphatic carbocycles. The maximum Gasteiger partial charge on any atom is 0.256 e. The Morgan fingerprint density at radius 3 is 1.75 bits per heavy atom. The minimum absolute atomic E-state index is 0.161. The predicted molar refractivity (Wildman–Crippen MR) is 99.3 cm³/mol. The van der Waals surface area contributed by atoms with E-state index in [4.69, 9.17) is 0 Å². The van der Waals surface area contributed by atoms with Crippen molar-refractivity contribution in [2.45, 2.75) is 40.5 Å². The zero-order valence-corrected chi connectivity index (χ0v) is 15.3. The Morgan fingerprint density at radius 1 is 0.875 bits per heavy atom. The maximum atomic E-state index is 12.4. The SMILES string of the molecule is CC(C)CCNC(=O)C(=Cc1ccccc1)C(=O)NCCC(C)C. The van der Waals surface area contributed by atoms with Crippen molar-refractivity contribution in [3.63, 3.8) is 0 Å². The van der Waals surface area contributed by atoms with Crippen LogP contribution in [-0.2, 0) is 9.59 Å². The Kier molecular flexibility index (Phi) is 8.84. The molecule has 0 saturated carbocycles. The summed E-state index contributed by atoms with van der Waals surface area (Å²) in [5, 5.41) is 5.69. The van der Waals surface area contributed by atoms with Gasteiger partial charge in [0.2, 0.25) is 0 Å². The molecule has 1 rings (SSSR count). The summed E-state index contributed by atoms with van der Waals surface area (Å²) in [6, 6.07) is 9.43. The second-order valence-electron chi connectivity index (χ2n) is 6.85. The van der Waals surface area contributed by atoms with E-state index in [1.807, 2.05) is 30.3 Å². The van der Waals surface area contributed by atoms with Crippen molar-refractivity contribution >= 4 is 17.9 Å². The van der Waals surface area contributed by atoms with E-state index in [1.165, 1.54) is 0 Å². The monoisotopic (exact) mass is 330 g/mol. The summed E-state index contributed by atoms with van der Waals surface area (Å²) in [5.41, 5.74) is 0.999. The van der Waals surface area contributed by atoms with Crippen LogP contribution in [0.3, 0.4) is 0 Å². The number of carbonyl (C=O) groups excluding carboxylic acids is 2. The molecule has 4 nitrogen and oxygen atoms in total. The molecule has 132 valence electrons. The van der Waals surface area contributed by atoms with Crippen LogP contribution in [-0.4, -0.2) is 24.9 Å². The van der Waals surface area contributed by atoms with Gasteiger partial charge in [-0.25, -0.2) is 0 Å². The first kappa shape index (κ1) is 19.9. The smallest absolute Gasteiger partial charge is 0.256 e. The Balaban J connectivity index is 2.81. The van der Waals surface area contributed by atoms with Crippen LogP contribution >= 0.6 is 0 Å². The van der Waals surface area contributed by atoms with Gasteiger partial charge in [0.25, 0.3) is 11.8 Å². The highest BCUT2D eigenvalue weighted by Gasteiger charge is 2.18. The predicted octanol–water partition coefficient (Wildman–Crippen LogP) is 3.39. The average molecular weight is 330 g/mol. The fraction of sp³-hybridized carbons (Fsp3) is 0.500. The van der Waals surface area contributed by atoms with E-state index in [0.717, 1.165) is 18.4 Å². The molecule has 0 aliphatic rings.